The monoisotopic (exact) mass is 264 g/mol. The van der Waals surface area contributed by atoms with E-state index >= 15 is 0 Å². The van der Waals surface area contributed by atoms with Crippen LogP contribution in [0.4, 0.5) is 0 Å². The van der Waals surface area contributed by atoms with Gasteiger partial charge in [0.1, 0.15) is 0 Å². The molecule has 3 heteroatoms. The van der Waals surface area contributed by atoms with Gasteiger partial charge in [0.25, 0.3) is 0 Å². The number of aryl methyl sites for hydroxylation is 1. The fraction of sp³-hybridized carbons (Fsp3) is 0.667. The van der Waals surface area contributed by atoms with Gasteiger partial charge in [0.05, 0.1) is 0 Å². The van der Waals surface area contributed by atoms with Crippen LogP contribution in [0, 0.1) is 11.3 Å². The highest BCUT2D eigenvalue weighted by Gasteiger charge is 2.27. The van der Waals surface area contributed by atoms with E-state index in [4.69, 9.17) is 0 Å². The van der Waals surface area contributed by atoms with Gasteiger partial charge in [-0.1, -0.05) is 38.1 Å². The standard InChI is InChI=1S/C15H24N2S/c1-15(2,3)13-7-5-12(6-8-13)11-18-14-16-9-10-17(14)4/h9-11,13H,5-8H2,1-4H3. The molecule has 1 aliphatic rings. The number of imidazole rings is 1. The molecule has 1 saturated carbocycles. The number of aromatic nitrogens is 2. The topological polar surface area (TPSA) is 17.8 Å². The van der Waals surface area contributed by atoms with E-state index in [-0.39, 0.29) is 0 Å². The lowest BCUT2D eigenvalue weighted by molar-refractivity contribution is 0.197. The molecule has 0 saturated heterocycles. The number of hydrogen-bond donors (Lipinski definition) is 0. The second-order valence-electron chi connectivity index (χ2n) is 6.35. The normalized spacial score (nSPS) is 21.1. The molecular formula is C15H24N2S. The summed E-state index contributed by atoms with van der Waals surface area (Å²) in [6.07, 6.45) is 9.07. The molecule has 0 N–H and O–H groups in total. The van der Waals surface area contributed by atoms with Gasteiger partial charge in [-0.15, -0.1) is 0 Å². The molecular weight excluding hydrogens is 240 g/mol. The van der Waals surface area contributed by atoms with Crippen LogP contribution in [0.1, 0.15) is 46.5 Å². The summed E-state index contributed by atoms with van der Waals surface area (Å²) >= 11 is 1.76. The molecule has 0 unspecified atom stereocenters. The lowest BCUT2D eigenvalue weighted by Crippen LogP contribution is -2.23. The first-order valence-corrected chi connectivity index (χ1v) is 7.66. The first-order chi connectivity index (χ1) is 8.47. The third kappa shape index (κ3) is 3.41. The maximum Gasteiger partial charge on any atom is 0.171 e. The largest absolute Gasteiger partial charge is 0.329 e. The number of rotatable bonds is 2. The average Bonchev–Trinajstić information content (AvgIpc) is 2.72. The molecule has 2 rings (SSSR count). The first kappa shape index (κ1) is 13.7. The van der Waals surface area contributed by atoms with E-state index in [2.05, 4.69) is 35.7 Å². The SMILES string of the molecule is Cn1ccnc1SC=C1CCC(C(C)(C)C)CC1. The van der Waals surface area contributed by atoms with Crippen molar-refractivity contribution in [3.8, 4) is 0 Å². The van der Waals surface area contributed by atoms with E-state index in [0.29, 0.717) is 5.41 Å². The van der Waals surface area contributed by atoms with Crippen molar-refractivity contribution in [3.05, 3.63) is 23.4 Å². The highest BCUT2D eigenvalue weighted by Crippen LogP contribution is 2.40. The van der Waals surface area contributed by atoms with Crippen LogP contribution in [0.3, 0.4) is 0 Å². The van der Waals surface area contributed by atoms with Crippen LogP contribution in [0.5, 0.6) is 0 Å². The van der Waals surface area contributed by atoms with Crippen molar-refractivity contribution < 1.29 is 0 Å². The van der Waals surface area contributed by atoms with Gasteiger partial charge >= 0.3 is 0 Å². The predicted octanol–water partition coefficient (Wildman–Crippen LogP) is 4.63. The number of allylic oxidation sites excluding steroid dienone is 1. The zero-order chi connectivity index (χ0) is 13.2. The zero-order valence-corrected chi connectivity index (χ0v) is 12.8. The molecule has 100 valence electrons. The van der Waals surface area contributed by atoms with Gasteiger partial charge in [-0.05, 0) is 42.4 Å². The molecule has 2 nitrogen and oxygen atoms in total. The first-order valence-electron chi connectivity index (χ1n) is 6.78. The van der Waals surface area contributed by atoms with Crippen LogP contribution in [-0.2, 0) is 7.05 Å². The summed E-state index contributed by atoms with van der Waals surface area (Å²) in [5, 5.41) is 3.40. The summed E-state index contributed by atoms with van der Waals surface area (Å²) in [5.41, 5.74) is 2.07. The van der Waals surface area contributed by atoms with Crippen molar-refractivity contribution >= 4 is 11.8 Å². The number of nitrogens with zero attached hydrogens (tertiary/aromatic N) is 2. The van der Waals surface area contributed by atoms with Gasteiger partial charge in [0, 0.05) is 19.4 Å². The van der Waals surface area contributed by atoms with Crippen molar-refractivity contribution in [2.75, 3.05) is 0 Å². The van der Waals surface area contributed by atoms with Gasteiger partial charge in [-0.3, -0.25) is 0 Å². The molecule has 0 aromatic carbocycles. The Hall–Kier alpha value is -0.700. The quantitative estimate of drug-likeness (QED) is 0.725. The second kappa shape index (κ2) is 5.52. The number of thioether (sulfide) groups is 1. The van der Waals surface area contributed by atoms with E-state index in [1.54, 1.807) is 17.3 Å². The van der Waals surface area contributed by atoms with E-state index in [1.165, 1.54) is 25.7 Å². The lowest BCUT2D eigenvalue weighted by atomic mass is 9.71. The summed E-state index contributed by atoms with van der Waals surface area (Å²) in [7, 11) is 2.05. The Balaban J connectivity index is 1.88. The smallest absolute Gasteiger partial charge is 0.171 e. The summed E-state index contributed by atoms with van der Waals surface area (Å²) in [6, 6.07) is 0. The van der Waals surface area contributed by atoms with Crippen molar-refractivity contribution in [1.29, 1.82) is 0 Å². The highest BCUT2D eigenvalue weighted by molar-refractivity contribution is 8.02. The van der Waals surface area contributed by atoms with Crippen molar-refractivity contribution in [2.24, 2.45) is 18.4 Å². The molecule has 1 aliphatic carbocycles. The van der Waals surface area contributed by atoms with Gasteiger partial charge in [0.15, 0.2) is 5.16 Å². The predicted molar refractivity (Wildman–Crippen MR) is 78.6 cm³/mol. The van der Waals surface area contributed by atoms with E-state index in [9.17, 15) is 0 Å². The molecule has 0 radical (unpaired) electrons. The molecule has 1 aromatic heterocycles. The minimum atomic E-state index is 0.471. The summed E-state index contributed by atoms with van der Waals surface area (Å²) in [5.74, 6) is 0.882. The fourth-order valence-corrected chi connectivity index (χ4v) is 3.43. The average molecular weight is 264 g/mol. The Morgan fingerprint density at radius 2 is 2.00 bits per heavy atom. The molecule has 0 aliphatic heterocycles. The molecule has 1 aromatic rings. The Morgan fingerprint density at radius 3 is 2.50 bits per heavy atom. The molecule has 0 spiro atoms. The third-order valence-corrected chi connectivity index (χ3v) is 5.02. The third-order valence-electron chi connectivity index (χ3n) is 3.96. The molecule has 1 fully saturated rings. The molecule has 0 atom stereocenters. The minimum absolute atomic E-state index is 0.471. The molecule has 1 heterocycles. The van der Waals surface area contributed by atoms with E-state index < -0.39 is 0 Å². The van der Waals surface area contributed by atoms with Crippen LogP contribution < -0.4 is 0 Å². The molecule has 0 amide bonds. The molecule has 18 heavy (non-hydrogen) atoms. The Morgan fingerprint density at radius 1 is 1.33 bits per heavy atom. The Kier molecular flexibility index (Phi) is 4.21. The van der Waals surface area contributed by atoms with Gasteiger partial charge < -0.3 is 4.57 Å². The van der Waals surface area contributed by atoms with Gasteiger partial charge in [-0.25, -0.2) is 4.98 Å². The van der Waals surface area contributed by atoms with Crippen molar-refractivity contribution in [3.63, 3.8) is 0 Å². The fourth-order valence-electron chi connectivity index (χ4n) is 2.57. The van der Waals surface area contributed by atoms with Crippen LogP contribution in [0.15, 0.2) is 28.5 Å². The van der Waals surface area contributed by atoms with E-state index in [1.807, 2.05) is 19.4 Å². The maximum absolute atomic E-state index is 4.34. The van der Waals surface area contributed by atoms with Gasteiger partial charge in [0.2, 0.25) is 0 Å². The summed E-state index contributed by atoms with van der Waals surface area (Å²) in [4.78, 5) is 4.34. The summed E-state index contributed by atoms with van der Waals surface area (Å²) in [6.45, 7) is 7.11. The molecule has 0 bridgehead atoms. The maximum atomic E-state index is 4.34. The van der Waals surface area contributed by atoms with Crippen LogP contribution >= 0.6 is 11.8 Å². The van der Waals surface area contributed by atoms with Crippen LogP contribution in [0.2, 0.25) is 0 Å². The minimum Gasteiger partial charge on any atom is -0.329 e. The van der Waals surface area contributed by atoms with Crippen LogP contribution in [0.25, 0.3) is 0 Å². The zero-order valence-electron chi connectivity index (χ0n) is 11.9. The summed E-state index contributed by atoms with van der Waals surface area (Å²) < 4.78 is 2.07. The lowest BCUT2D eigenvalue weighted by Gasteiger charge is -2.34. The van der Waals surface area contributed by atoms with Gasteiger partial charge in [-0.2, -0.15) is 0 Å². The van der Waals surface area contributed by atoms with E-state index in [0.717, 1.165) is 11.1 Å². The Labute approximate surface area is 115 Å². The van der Waals surface area contributed by atoms with Crippen molar-refractivity contribution in [2.45, 2.75) is 51.6 Å². The highest BCUT2D eigenvalue weighted by atomic mass is 32.2. The van der Waals surface area contributed by atoms with Crippen molar-refractivity contribution in [1.82, 2.24) is 9.55 Å². The number of hydrogen-bond acceptors (Lipinski definition) is 2. The Bertz CT molecular complexity index is 416. The van der Waals surface area contributed by atoms with Crippen LogP contribution in [-0.4, -0.2) is 9.55 Å². The second-order valence-corrected chi connectivity index (χ2v) is 7.19.